The van der Waals surface area contributed by atoms with Crippen LogP contribution in [0.1, 0.15) is 71.9 Å². The van der Waals surface area contributed by atoms with Gasteiger partial charge >= 0.3 is 0 Å². The van der Waals surface area contributed by atoms with Gasteiger partial charge in [-0.1, -0.05) is 31.4 Å². The van der Waals surface area contributed by atoms with E-state index in [1.807, 2.05) is 0 Å². The van der Waals surface area contributed by atoms with Gasteiger partial charge in [-0.3, -0.25) is 9.59 Å². The van der Waals surface area contributed by atoms with Gasteiger partial charge in [0, 0.05) is 37.8 Å². The number of rotatable bonds is 6. The van der Waals surface area contributed by atoms with Gasteiger partial charge in [-0.25, -0.2) is 20.3 Å². The summed E-state index contributed by atoms with van der Waals surface area (Å²) in [5.41, 5.74) is 8.57. The minimum atomic E-state index is -0.360. The van der Waals surface area contributed by atoms with E-state index in [-0.39, 0.29) is 35.7 Å². The maximum Gasteiger partial charge on any atom is 0.270 e. The number of nitrogens with zero attached hydrogens (tertiary/aromatic N) is 3. The number of hydrogen-bond acceptors (Lipinski definition) is 6. The zero-order valence-corrected chi connectivity index (χ0v) is 20.9. The molecule has 0 saturated heterocycles. The number of aromatic nitrogens is 1. The Balaban J connectivity index is 0.000000360. The summed E-state index contributed by atoms with van der Waals surface area (Å²) >= 11 is 0. The SMILES string of the molecule is CC(=O)NC1CCCCC1.Cc1cc(/C(N)=N/N(C)N)cc(C(=O)NCc2ccc(F)c(C)c2)n1. The summed E-state index contributed by atoms with van der Waals surface area (Å²) in [5.74, 6) is 5.10. The van der Waals surface area contributed by atoms with Crippen LogP contribution in [0, 0.1) is 19.7 Å². The third-order valence-electron chi connectivity index (χ3n) is 5.44. The number of halogens is 1. The number of nitrogens with one attached hydrogen (secondary N) is 2. The highest BCUT2D eigenvalue weighted by Gasteiger charge is 2.13. The Morgan fingerprint density at radius 2 is 1.86 bits per heavy atom. The van der Waals surface area contributed by atoms with Gasteiger partial charge < -0.3 is 16.4 Å². The normalized spacial score (nSPS) is 13.9. The van der Waals surface area contributed by atoms with E-state index in [0.29, 0.717) is 22.9 Å². The number of hydrazone groups is 1. The first-order chi connectivity index (χ1) is 16.5. The highest BCUT2D eigenvalue weighted by Crippen LogP contribution is 2.17. The molecule has 2 aromatic rings. The van der Waals surface area contributed by atoms with Crippen molar-refractivity contribution in [2.45, 2.75) is 65.5 Å². The number of nitrogens with two attached hydrogens (primary N) is 2. The number of hydrogen-bond donors (Lipinski definition) is 4. The van der Waals surface area contributed by atoms with E-state index in [0.717, 1.165) is 10.7 Å². The van der Waals surface area contributed by atoms with Gasteiger partial charge in [0.25, 0.3) is 5.91 Å². The van der Waals surface area contributed by atoms with E-state index >= 15 is 0 Å². The molecule has 1 saturated carbocycles. The number of amides is 2. The van der Waals surface area contributed by atoms with Crippen molar-refractivity contribution in [1.82, 2.24) is 20.7 Å². The monoisotopic (exact) mass is 485 g/mol. The molecular weight excluding hydrogens is 449 g/mol. The fourth-order valence-electron chi connectivity index (χ4n) is 3.78. The van der Waals surface area contributed by atoms with Crippen LogP contribution < -0.4 is 22.2 Å². The van der Waals surface area contributed by atoms with Gasteiger partial charge in [-0.15, -0.1) is 5.10 Å². The minimum absolute atomic E-state index is 0.118. The van der Waals surface area contributed by atoms with Gasteiger partial charge in [-0.05, 0) is 56.0 Å². The Morgan fingerprint density at radius 1 is 1.17 bits per heavy atom. The van der Waals surface area contributed by atoms with Crippen LogP contribution in [0.5, 0.6) is 0 Å². The molecule has 1 aliphatic rings. The summed E-state index contributed by atoms with van der Waals surface area (Å²) in [6.07, 6.45) is 6.27. The second-order valence-electron chi connectivity index (χ2n) is 8.74. The zero-order chi connectivity index (χ0) is 26.0. The molecule has 10 heteroatoms. The summed E-state index contributed by atoms with van der Waals surface area (Å²) in [5, 5.41) is 10.7. The lowest BCUT2D eigenvalue weighted by Gasteiger charge is -2.21. The van der Waals surface area contributed by atoms with Crippen LogP contribution >= 0.6 is 0 Å². The van der Waals surface area contributed by atoms with Crippen molar-refractivity contribution in [2.75, 3.05) is 7.05 Å². The maximum absolute atomic E-state index is 13.3. The molecule has 0 atom stereocenters. The number of carbonyl (C=O) groups is 2. The van der Waals surface area contributed by atoms with Crippen LogP contribution in [0.4, 0.5) is 4.39 Å². The van der Waals surface area contributed by atoms with Gasteiger partial charge in [0.1, 0.15) is 11.5 Å². The molecule has 1 fully saturated rings. The fraction of sp³-hybridized carbons (Fsp3) is 0.440. The average molecular weight is 486 g/mol. The van der Waals surface area contributed by atoms with Gasteiger partial charge in [0.2, 0.25) is 5.91 Å². The van der Waals surface area contributed by atoms with Gasteiger partial charge in [-0.2, -0.15) is 0 Å². The van der Waals surface area contributed by atoms with Crippen molar-refractivity contribution in [2.24, 2.45) is 16.7 Å². The van der Waals surface area contributed by atoms with Crippen molar-refractivity contribution in [3.8, 4) is 0 Å². The summed E-state index contributed by atoms with van der Waals surface area (Å²) in [4.78, 5) is 27.2. The molecule has 0 aliphatic heterocycles. The van der Waals surface area contributed by atoms with E-state index in [1.165, 1.54) is 38.2 Å². The van der Waals surface area contributed by atoms with Crippen molar-refractivity contribution in [1.29, 1.82) is 0 Å². The molecule has 0 bridgehead atoms. The van der Waals surface area contributed by atoms with Gasteiger partial charge in [0.05, 0.1) is 0 Å². The van der Waals surface area contributed by atoms with Crippen LogP contribution in [0.25, 0.3) is 0 Å². The first-order valence-corrected chi connectivity index (χ1v) is 11.7. The summed E-state index contributed by atoms with van der Waals surface area (Å²) in [6.45, 7) is 5.28. The Hall–Kier alpha value is -3.53. The quantitative estimate of drug-likeness (QED) is 0.215. The molecule has 0 radical (unpaired) electrons. The predicted molar refractivity (Wildman–Crippen MR) is 135 cm³/mol. The largest absolute Gasteiger partial charge is 0.382 e. The number of amidine groups is 1. The second-order valence-corrected chi connectivity index (χ2v) is 8.74. The maximum atomic E-state index is 13.3. The minimum Gasteiger partial charge on any atom is -0.382 e. The van der Waals surface area contributed by atoms with E-state index in [1.54, 1.807) is 52.1 Å². The molecular formula is C25H36FN7O2. The number of benzene rings is 1. The van der Waals surface area contributed by atoms with E-state index in [4.69, 9.17) is 11.6 Å². The molecule has 1 aliphatic carbocycles. The lowest BCUT2D eigenvalue weighted by atomic mass is 9.95. The first kappa shape index (κ1) is 27.7. The lowest BCUT2D eigenvalue weighted by molar-refractivity contribution is -0.119. The highest BCUT2D eigenvalue weighted by molar-refractivity contribution is 6.00. The summed E-state index contributed by atoms with van der Waals surface area (Å²) in [6, 6.07) is 8.42. The average Bonchev–Trinajstić information content (AvgIpc) is 2.79. The Morgan fingerprint density at radius 3 is 2.46 bits per heavy atom. The Bertz CT molecular complexity index is 1050. The smallest absolute Gasteiger partial charge is 0.270 e. The molecule has 3 rings (SSSR count). The number of pyridine rings is 1. The third kappa shape index (κ3) is 9.70. The molecule has 9 nitrogen and oxygen atoms in total. The summed E-state index contributed by atoms with van der Waals surface area (Å²) in [7, 11) is 1.54. The Kier molecular flexibility index (Phi) is 10.6. The molecule has 0 unspecified atom stereocenters. The molecule has 1 aromatic carbocycles. The van der Waals surface area contributed by atoms with E-state index < -0.39 is 0 Å². The predicted octanol–water partition coefficient (Wildman–Crippen LogP) is 2.65. The topological polar surface area (TPSA) is 139 Å². The van der Waals surface area contributed by atoms with Gasteiger partial charge in [0.15, 0.2) is 5.84 Å². The lowest BCUT2D eigenvalue weighted by Crippen LogP contribution is -2.34. The number of hydrazine groups is 1. The molecule has 1 heterocycles. The number of carbonyl (C=O) groups excluding carboxylic acids is 2. The van der Waals surface area contributed by atoms with Crippen molar-refractivity contribution < 1.29 is 14.0 Å². The molecule has 190 valence electrons. The van der Waals surface area contributed by atoms with Crippen LogP contribution in [0.3, 0.4) is 0 Å². The fourth-order valence-corrected chi connectivity index (χ4v) is 3.78. The molecule has 2 amide bonds. The molecule has 6 N–H and O–H groups in total. The Labute approximate surface area is 206 Å². The molecule has 35 heavy (non-hydrogen) atoms. The van der Waals surface area contributed by atoms with E-state index in [2.05, 4.69) is 20.7 Å². The summed E-state index contributed by atoms with van der Waals surface area (Å²) < 4.78 is 13.3. The standard InChI is InChI=1S/C17H21FN6O.C8H15NO/c1-10-6-12(4-5-14(10)18)9-21-17(25)15-8-13(7-11(2)22-15)16(19)23-24(3)20;1-7(10)9-8-5-3-2-4-6-8/h4-8H,9,20H2,1-3H3,(H2,19,23)(H,21,25);8H,2-6H2,1H3,(H,9,10). The van der Waals surface area contributed by atoms with Crippen LogP contribution in [-0.2, 0) is 11.3 Å². The van der Waals surface area contributed by atoms with Crippen LogP contribution in [-0.4, -0.2) is 40.8 Å². The van der Waals surface area contributed by atoms with Crippen molar-refractivity contribution in [3.05, 3.63) is 64.2 Å². The zero-order valence-electron chi connectivity index (χ0n) is 20.9. The van der Waals surface area contributed by atoms with Crippen LogP contribution in [0.15, 0.2) is 35.4 Å². The van der Waals surface area contributed by atoms with Crippen molar-refractivity contribution in [3.63, 3.8) is 0 Å². The third-order valence-corrected chi connectivity index (χ3v) is 5.44. The molecule has 1 aromatic heterocycles. The van der Waals surface area contributed by atoms with E-state index in [9.17, 15) is 14.0 Å². The molecule has 0 spiro atoms. The second kappa shape index (κ2) is 13.4. The van der Waals surface area contributed by atoms with Crippen molar-refractivity contribution >= 4 is 17.6 Å². The van der Waals surface area contributed by atoms with Crippen LogP contribution in [0.2, 0.25) is 0 Å². The first-order valence-electron chi connectivity index (χ1n) is 11.7. The highest BCUT2D eigenvalue weighted by atomic mass is 19.1. The number of aryl methyl sites for hydroxylation is 2.